The Morgan fingerprint density at radius 3 is 1.87 bits per heavy atom. The molecule has 0 saturated carbocycles. The van der Waals surface area contributed by atoms with E-state index in [9.17, 15) is 0 Å². The normalized spacial score (nSPS) is 11.0. The molecular formula is C44H35NO. The van der Waals surface area contributed by atoms with Gasteiger partial charge in [-0.05, 0) is 87.3 Å². The number of nitrogens with zero attached hydrogens (tertiary/aromatic N) is 1. The van der Waals surface area contributed by atoms with Crippen molar-refractivity contribution in [3.05, 3.63) is 169 Å². The smallest absolute Gasteiger partial charge is 0.123 e. The number of benzene rings is 6. The van der Waals surface area contributed by atoms with E-state index in [0.717, 1.165) is 50.5 Å². The lowest BCUT2D eigenvalue weighted by atomic mass is 9.87. The molecule has 0 aliphatic rings. The summed E-state index contributed by atoms with van der Waals surface area (Å²) in [4.78, 5) is 5.14. The fourth-order valence-corrected chi connectivity index (χ4v) is 6.10. The van der Waals surface area contributed by atoms with Crippen molar-refractivity contribution in [2.24, 2.45) is 0 Å². The average Bonchev–Trinajstić information content (AvgIpc) is 3.11. The Morgan fingerprint density at radius 2 is 1.17 bits per heavy atom. The van der Waals surface area contributed by atoms with Crippen LogP contribution in [0.25, 0.3) is 66.7 Å². The first-order valence-corrected chi connectivity index (χ1v) is 15.7. The summed E-state index contributed by atoms with van der Waals surface area (Å²) in [7, 11) is 0. The molecule has 0 fully saturated rings. The third-order valence-corrected chi connectivity index (χ3v) is 8.45. The molecule has 46 heavy (non-hydrogen) atoms. The number of pyridine rings is 1. The molecule has 1 heterocycles. The van der Waals surface area contributed by atoms with E-state index in [1.54, 1.807) is 0 Å². The van der Waals surface area contributed by atoms with Crippen molar-refractivity contribution in [1.82, 2.24) is 4.98 Å². The minimum atomic E-state index is 0.500. The van der Waals surface area contributed by atoms with E-state index in [1.807, 2.05) is 19.1 Å². The van der Waals surface area contributed by atoms with Gasteiger partial charge in [-0.2, -0.15) is 0 Å². The molecule has 0 amide bonds. The Morgan fingerprint density at radius 1 is 0.565 bits per heavy atom. The fourth-order valence-electron chi connectivity index (χ4n) is 6.10. The van der Waals surface area contributed by atoms with Gasteiger partial charge in [0.25, 0.3) is 0 Å². The van der Waals surface area contributed by atoms with Crippen LogP contribution in [-0.4, -0.2) is 11.6 Å². The zero-order chi connectivity index (χ0) is 31.5. The minimum Gasteiger partial charge on any atom is -0.489 e. The molecule has 0 aliphatic carbocycles. The highest BCUT2D eigenvalue weighted by molar-refractivity contribution is 6.05. The topological polar surface area (TPSA) is 22.1 Å². The zero-order valence-corrected chi connectivity index (χ0v) is 26.2. The molecule has 6 aromatic carbocycles. The van der Waals surface area contributed by atoms with Crippen molar-refractivity contribution in [1.29, 1.82) is 0 Å². The van der Waals surface area contributed by atoms with Crippen molar-refractivity contribution >= 4 is 10.8 Å². The van der Waals surface area contributed by atoms with Crippen LogP contribution >= 0.6 is 0 Å². The van der Waals surface area contributed by atoms with E-state index in [0.29, 0.717) is 6.61 Å². The molecule has 0 saturated heterocycles. The van der Waals surface area contributed by atoms with Gasteiger partial charge < -0.3 is 4.74 Å². The van der Waals surface area contributed by atoms with Crippen LogP contribution in [0.4, 0.5) is 0 Å². The number of fused-ring (bicyclic) bond motifs is 1. The van der Waals surface area contributed by atoms with Crippen LogP contribution in [0.15, 0.2) is 164 Å². The van der Waals surface area contributed by atoms with E-state index in [1.165, 1.54) is 33.0 Å². The number of hydrogen-bond donors (Lipinski definition) is 0. The van der Waals surface area contributed by atoms with Gasteiger partial charge in [-0.3, -0.25) is 0 Å². The average molecular weight is 594 g/mol. The van der Waals surface area contributed by atoms with Gasteiger partial charge in [-0.25, -0.2) is 4.98 Å². The Labute approximate surface area is 271 Å². The maximum atomic E-state index is 6.16. The summed E-state index contributed by atoms with van der Waals surface area (Å²) in [5.74, 6) is 0.883. The van der Waals surface area contributed by atoms with E-state index in [4.69, 9.17) is 9.72 Å². The third-order valence-electron chi connectivity index (χ3n) is 8.45. The molecule has 0 unspecified atom stereocenters. The Kier molecular flexibility index (Phi) is 8.01. The molecule has 0 aliphatic heterocycles. The van der Waals surface area contributed by atoms with Gasteiger partial charge in [0.2, 0.25) is 0 Å². The van der Waals surface area contributed by atoms with Gasteiger partial charge in [0.1, 0.15) is 12.4 Å². The summed E-state index contributed by atoms with van der Waals surface area (Å²) < 4.78 is 6.16. The number of hydrogen-bond acceptors (Lipinski definition) is 2. The molecule has 0 atom stereocenters. The second kappa shape index (κ2) is 12.7. The van der Waals surface area contributed by atoms with Crippen molar-refractivity contribution in [2.75, 3.05) is 6.61 Å². The van der Waals surface area contributed by atoms with Crippen LogP contribution in [0, 0.1) is 6.92 Å². The standard InChI is InChI=1S/C44H35NO/c1-30(2)29-46-43-20-12-19-38(31(43)3)44-39-18-11-10-15-33(39)25-26-40(44)34-21-23-36(24-22-34)42-28-37(32-13-6-4-7-14-32)27-41(45-42)35-16-8-5-9-17-35/h4-28H,1,29H2,2-3H3. The molecule has 0 N–H and O–H groups in total. The van der Waals surface area contributed by atoms with Gasteiger partial charge >= 0.3 is 0 Å². The molecule has 222 valence electrons. The van der Waals surface area contributed by atoms with E-state index < -0.39 is 0 Å². The molecule has 7 rings (SSSR count). The summed E-state index contributed by atoms with van der Waals surface area (Å²) in [5.41, 5.74) is 13.2. The molecular weight excluding hydrogens is 558 g/mol. The zero-order valence-electron chi connectivity index (χ0n) is 26.2. The second-order valence-corrected chi connectivity index (χ2v) is 11.8. The first-order valence-electron chi connectivity index (χ1n) is 15.7. The lowest BCUT2D eigenvalue weighted by Crippen LogP contribution is -2.00. The van der Waals surface area contributed by atoms with Crippen molar-refractivity contribution in [2.45, 2.75) is 13.8 Å². The van der Waals surface area contributed by atoms with Crippen LogP contribution < -0.4 is 4.74 Å². The minimum absolute atomic E-state index is 0.500. The summed E-state index contributed by atoms with van der Waals surface area (Å²) in [6.45, 7) is 8.65. The molecule has 7 aromatic rings. The van der Waals surface area contributed by atoms with Crippen molar-refractivity contribution < 1.29 is 4.74 Å². The summed E-state index contributed by atoms with van der Waals surface area (Å²) >= 11 is 0. The maximum absolute atomic E-state index is 6.16. The molecule has 2 heteroatoms. The van der Waals surface area contributed by atoms with E-state index in [-0.39, 0.29) is 0 Å². The van der Waals surface area contributed by atoms with Crippen LogP contribution in [0.1, 0.15) is 12.5 Å². The summed E-state index contributed by atoms with van der Waals surface area (Å²) in [6.07, 6.45) is 0. The van der Waals surface area contributed by atoms with Crippen LogP contribution in [-0.2, 0) is 0 Å². The van der Waals surface area contributed by atoms with Crippen molar-refractivity contribution in [3.8, 4) is 61.6 Å². The van der Waals surface area contributed by atoms with Crippen LogP contribution in [0.2, 0.25) is 0 Å². The predicted octanol–water partition coefficient (Wildman–Crippen LogP) is 11.8. The third kappa shape index (κ3) is 5.86. The number of aromatic nitrogens is 1. The van der Waals surface area contributed by atoms with Gasteiger partial charge in [-0.15, -0.1) is 0 Å². The fraction of sp³-hybridized carbons (Fsp3) is 0.0682. The second-order valence-electron chi connectivity index (χ2n) is 11.8. The van der Waals surface area contributed by atoms with Crippen molar-refractivity contribution in [3.63, 3.8) is 0 Å². The largest absolute Gasteiger partial charge is 0.489 e. The van der Waals surface area contributed by atoms with E-state index >= 15 is 0 Å². The Hall–Kier alpha value is -5.73. The monoisotopic (exact) mass is 593 g/mol. The van der Waals surface area contributed by atoms with E-state index in [2.05, 4.69) is 153 Å². The van der Waals surface area contributed by atoms with Gasteiger partial charge in [-0.1, -0.05) is 140 Å². The van der Waals surface area contributed by atoms with Gasteiger partial charge in [0, 0.05) is 11.1 Å². The van der Waals surface area contributed by atoms with Gasteiger partial charge in [0.15, 0.2) is 0 Å². The summed E-state index contributed by atoms with van der Waals surface area (Å²) in [6, 6.07) is 53.5. The maximum Gasteiger partial charge on any atom is 0.123 e. The molecule has 2 nitrogen and oxygen atoms in total. The molecule has 1 aromatic heterocycles. The lowest BCUT2D eigenvalue weighted by Gasteiger charge is -2.18. The Bertz CT molecular complexity index is 2110. The highest BCUT2D eigenvalue weighted by Gasteiger charge is 2.17. The SMILES string of the molecule is C=C(C)COc1cccc(-c2c(-c3ccc(-c4cc(-c5ccccc5)cc(-c5ccccc5)n4)cc3)ccc3ccccc23)c1C. The highest BCUT2D eigenvalue weighted by atomic mass is 16.5. The summed E-state index contributed by atoms with van der Waals surface area (Å²) in [5, 5.41) is 2.43. The van der Waals surface area contributed by atoms with Crippen LogP contribution in [0.5, 0.6) is 5.75 Å². The first-order chi connectivity index (χ1) is 22.5. The molecule has 0 radical (unpaired) electrons. The lowest BCUT2D eigenvalue weighted by molar-refractivity contribution is 0.350. The quantitative estimate of drug-likeness (QED) is 0.164. The Balaban J connectivity index is 1.34. The predicted molar refractivity (Wildman–Crippen MR) is 194 cm³/mol. The highest BCUT2D eigenvalue weighted by Crippen LogP contribution is 2.42. The number of ether oxygens (including phenoxy) is 1. The van der Waals surface area contributed by atoms with Crippen LogP contribution in [0.3, 0.4) is 0 Å². The molecule has 0 bridgehead atoms. The first kappa shape index (κ1) is 29.0. The molecule has 0 spiro atoms. The number of rotatable bonds is 8. The van der Waals surface area contributed by atoms with Gasteiger partial charge in [0.05, 0.1) is 11.4 Å².